The molecule has 27 heavy (non-hydrogen) atoms. The van der Waals surface area contributed by atoms with Crippen LogP contribution in [0.1, 0.15) is 12.0 Å². The maximum Gasteiger partial charge on any atom is 0.138 e. The molecule has 0 spiro atoms. The van der Waals surface area contributed by atoms with Gasteiger partial charge in [-0.1, -0.05) is 48.0 Å². The van der Waals surface area contributed by atoms with Crippen molar-refractivity contribution in [1.29, 1.82) is 0 Å². The summed E-state index contributed by atoms with van der Waals surface area (Å²) in [6.45, 7) is 3.73. The van der Waals surface area contributed by atoms with E-state index in [2.05, 4.69) is 49.1 Å². The van der Waals surface area contributed by atoms with Crippen LogP contribution in [0.4, 0.5) is 0 Å². The van der Waals surface area contributed by atoms with Crippen LogP contribution in [0, 0.1) is 6.92 Å². The number of hydrogen-bond donors (Lipinski definition) is 0. The number of nitrogens with zero attached hydrogens (tertiary/aromatic N) is 2. The minimum Gasteiger partial charge on any atom is -0.492 e. The molecule has 0 aliphatic rings. The third-order valence-electron chi connectivity index (χ3n) is 4.46. The molecule has 0 aliphatic carbocycles. The van der Waals surface area contributed by atoms with Crippen LogP contribution in [0.25, 0.3) is 22.4 Å². The number of ether oxygens (including phenoxy) is 1. The molecular formula is C23H25ClN2O. The fourth-order valence-electron chi connectivity index (χ4n) is 3.04. The zero-order valence-electron chi connectivity index (χ0n) is 16.1. The quantitative estimate of drug-likeness (QED) is 0.491. The fourth-order valence-corrected chi connectivity index (χ4v) is 3.21. The molecular weight excluding hydrogens is 356 g/mol. The fraction of sp³-hybridized carbons (Fsp3) is 0.261. The van der Waals surface area contributed by atoms with Crippen LogP contribution in [0.5, 0.6) is 5.75 Å². The zero-order valence-corrected chi connectivity index (χ0v) is 16.8. The van der Waals surface area contributed by atoms with Gasteiger partial charge in [0, 0.05) is 23.9 Å². The molecule has 0 aliphatic heterocycles. The molecule has 0 bridgehead atoms. The number of rotatable bonds is 7. The van der Waals surface area contributed by atoms with Gasteiger partial charge in [-0.05, 0) is 56.8 Å². The van der Waals surface area contributed by atoms with Gasteiger partial charge in [-0.25, -0.2) is 0 Å². The lowest BCUT2D eigenvalue weighted by Crippen LogP contribution is -2.15. The van der Waals surface area contributed by atoms with Crippen LogP contribution in [0.2, 0.25) is 5.02 Å². The minimum absolute atomic E-state index is 0.630. The third-order valence-corrected chi connectivity index (χ3v) is 4.77. The van der Waals surface area contributed by atoms with E-state index in [-0.39, 0.29) is 0 Å². The molecule has 0 fully saturated rings. The van der Waals surface area contributed by atoms with Crippen molar-refractivity contribution in [2.45, 2.75) is 13.3 Å². The van der Waals surface area contributed by atoms with Crippen LogP contribution < -0.4 is 4.74 Å². The topological polar surface area (TPSA) is 25.4 Å². The lowest BCUT2D eigenvalue weighted by molar-refractivity contribution is 0.282. The van der Waals surface area contributed by atoms with Crippen molar-refractivity contribution in [3.05, 3.63) is 71.4 Å². The summed E-state index contributed by atoms with van der Waals surface area (Å²) >= 11 is 6.36. The molecule has 4 heteroatoms. The number of halogens is 1. The maximum atomic E-state index is 6.36. The smallest absolute Gasteiger partial charge is 0.138 e. The van der Waals surface area contributed by atoms with E-state index in [1.807, 2.05) is 42.6 Å². The van der Waals surface area contributed by atoms with E-state index >= 15 is 0 Å². The van der Waals surface area contributed by atoms with E-state index < -0.39 is 0 Å². The Labute approximate surface area is 166 Å². The van der Waals surface area contributed by atoms with Gasteiger partial charge < -0.3 is 9.64 Å². The summed E-state index contributed by atoms with van der Waals surface area (Å²) in [5, 5.41) is 0.630. The van der Waals surface area contributed by atoms with Gasteiger partial charge in [0.2, 0.25) is 0 Å². The lowest BCUT2D eigenvalue weighted by atomic mass is 9.96. The van der Waals surface area contributed by atoms with Crippen molar-refractivity contribution in [3.8, 4) is 28.1 Å². The summed E-state index contributed by atoms with van der Waals surface area (Å²) in [6, 6.07) is 18.3. The summed E-state index contributed by atoms with van der Waals surface area (Å²) in [7, 11) is 4.12. The van der Waals surface area contributed by atoms with Crippen LogP contribution in [-0.4, -0.2) is 37.1 Å². The first-order valence-corrected chi connectivity index (χ1v) is 9.52. The summed E-state index contributed by atoms with van der Waals surface area (Å²) in [6.07, 6.45) is 2.79. The number of hydrogen-bond acceptors (Lipinski definition) is 3. The predicted octanol–water partition coefficient (Wildman–Crippen LogP) is 5.71. The summed E-state index contributed by atoms with van der Waals surface area (Å²) in [5.74, 6) is 0.715. The summed E-state index contributed by atoms with van der Waals surface area (Å²) in [4.78, 5) is 6.80. The zero-order chi connectivity index (χ0) is 19.2. The van der Waals surface area contributed by atoms with Gasteiger partial charge in [-0.15, -0.1) is 0 Å². The molecule has 0 atom stereocenters. The third kappa shape index (κ3) is 4.88. The molecule has 0 unspecified atom stereocenters. The number of benzene rings is 2. The highest BCUT2D eigenvalue weighted by atomic mass is 35.5. The molecule has 3 aromatic rings. The van der Waals surface area contributed by atoms with Gasteiger partial charge in [-0.2, -0.15) is 0 Å². The second kappa shape index (κ2) is 9.03. The molecule has 0 radical (unpaired) electrons. The van der Waals surface area contributed by atoms with Gasteiger partial charge in [0.05, 0.1) is 17.3 Å². The van der Waals surface area contributed by atoms with Gasteiger partial charge in [0.25, 0.3) is 0 Å². The second-order valence-corrected chi connectivity index (χ2v) is 7.27. The molecule has 0 amide bonds. The van der Waals surface area contributed by atoms with Crippen molar-refractivity contribution in [1.82, 2.24) is 9.88 Å². The largest absolute Gasteiger partial charge is 0.492 e. The Bertz CT molecular complexity index is 908. The first-order valence-electron chi connectivity index (χ1n) is 9.14. The molecule has 3 rings (SSSR count). The Morgan fingerprint density at radius 3 is 2.56 bits per heavy atom. The summed E-state index contributed by atoms with van der Waals surface area (Å²) in [5.41, 5.74) is 5.43. The van der Waals surface area contributed by atoms with E-state index in [9.17, 15) is 0 Å². The molecule has 140 valence electrons. The van der Waals surface area contributed by atoms with Crippen molar-refractivity contribution in [2.75, 3.05) is 27.2 Å². The molecule has 0 saturated carbocycles. The first kappa shape index (κ1) is 19.4. The normalized spacial score (nSPS) is 11.0. The highest BCUT2D eigenvalue weighted by Crippen LogP contribution is 2.36. The Kier molecular flexibility index (Phi) is 6.49. The monoisotopic (exact) mass is 380 g/mol. The Hall–Kier alpha value is -2.36. The minimum atomic E-state index is 0.630. The van der Waals surface area contributed by atoms with E-state index in [4.69, 9.17) is 16.3 Å². The summed E-state index contributed by atoms with van der Waals surface area (Å²) < 4.78 is 5.94. The van der Waals surface area contributed by atoms with Crippen LogP contribution in [0.3, 0.4) is 0 Å². The first-order chi connectivity index (χ1) is 13.1. The highest BCUT2D eigenvalue weighted by molar-refractivity contribution is 6.32. The van der Waals surface area contributed by atoms with Crippen LogP contribution >= 0.6 is 11.6 Å². The Morgan fingerprint density at radius 1 is 1.00 bits per heavy atom. The van der Waals surface area contributed by atoms with E-state index in [0.29, 0.717) is 17.4 Å². The van der Waals surface area contributed by atoms with Crippen molar-refractivity contribution in [3.63, 3.8) is 0 Å². The maximum absolute atomic E-state index is 6.36. The molecule has 3 nitrogen and oxygen atoms in total. The van der Waals surface area contributed by atoms with Crippen molar-refractivity contribution in [2.24, 2.45) is 0 Å². The van der Waals surface area contributed by atoms with Crippen molar-refractivity contribution >= 4 is 11.6 Å². The van der Waals surface area contributed by atoms with Gasteiger partial charge >= 0.3 is 0 Å². The number of aromatic nitrogens is 1. The van der Waals surface area contributed by atoms with E-state index in [0.717, 1.165) is 35.3 Å². The van der Waals surface area contributed by atoms with E-state index in [1.165, 1.54) is 5.56 Å². The van der Waals surface area contributed by atoms with E-state index in [1.54, 1.807) is 0 Å². The highest BCUT2D eigenvalue weighted by Gasteiger charge is 2.12. The second-order valence-electron chi connectivity index (χ2n) is 6.86. The van der Waals surface area contributed by atoms with Crippen LogP contribution in [-0.2, 0) is 0 Å². The van der Waals surface area contributed by atoms with Gasteiger partial charge in [0.1, 0.15) is 5.75 Å². The SMILES string of the molecule is Cc1ccccc1-c1ncccc1-c1ccc(Cl)c(OCCCN(C)C)c1. The predicted molar refractivity (Wildman–Crippen MR) is 114 cm³/mol. The number of aryl methyl sites for hydroxylation is 1. The average molecular weight is 381 g/mol. The standard InChI is InChI=1S/C23H25ClN2O/c1-17-8-4-5-9-19(17)23-20(10-6-13-25-23)18-11-12-21(24)22(16-18)27-15-7-14-26(2)3/h4-6,8-13,16H,7,14-15H2,1-3H3. The molecule has 0 saturated heterocycles. The Morgan fingerprint density at radius 2 is 1.78 bits per heavy atom. The molecule has 1 aromatic heterocycles. The number of pyridine rings is 1. The van der Waals surface area contributed by atoms with Gasteiger partial charge in [0.15, 0.2) is 0 Å². The average Bonchev–Trinajstić information content (AvgIpc) is 2.67. The van der Waals surface area contributed by atoms with Crippen LogP contribution in [0.15, 0.2) is 60.8 Å². The lowest BCUT2D eigenvalue weighted by Gasteiger charge is -2.14. The van der Waals surface area contributed by atoms with Crippen molar-refractivity contribution < 1.29 is 4.74 Å². The Balaban J connectivity index is 1.91. The molecule has 1 heterocycles. The molecule has 2 aromatic carbocycles. The van der Waals surface area contributed by atoms with Gasteiger partial charge in [-0.3, -0.25) is 4.98 Å². The molecule has 0 N–H and O–H groups in total.